The molecule has 1 unspecified atom stereocenters. The highest BCUT2D eigenvalue weighted by Gasteiger charge is 2.25. The van der Waals surface area contributed by atoms with Crippen molar-refractivity contribution >= 4 is 33.0 Å². The van der Waals surface area contributed by atoms with Crippen LogP contribution in [0.5, 0.6) is 0 Å². The molecule has 1 aliphatic rings. The number of ether oxygens (including phenoxy) is 1. The highest BCUT2D eigenvalue weighted by Crippen LogP contribution is 2.28. The Labute approximate surface area is 95.4 Å². The molecular formula is C10H11BrO2S. The van der Waals surface area contributed by atoms with Gasteiger partial charge in [0.1, 0.15) is 0 Å². The topological polar surface area (TPSA) is 26.3 Å². The predicted octanol–water partition coefficient (Wildman–Crippen LogP) is 3.12. The molecule has 0 spiro atoms. The molecule has 2 nitrogen and oxygen atoms in total. The maximum Gasteiger partial charge on any atom is 0.179 e. The number of hydrogen-bond acceptors (Lipinski definition) is 3. The molecule has 0 aromatic carbocycles. The molecule has 1 aliphatic heterocycles. The van der Waals surface area contributed by atoms with Crippen LogP contribution in [0.1, 0.15) is 22.5 Å². The SMILES string of the molecule is O=C(c1sccc1Br)C1CCCOC1. The number of rotatable bonds is 2. The molecule has 2 rings (SSSR count). The van der Waals surface area contributed by atoms with Gasteiger partial charge in [-0.3, -0.25) is 4.79 Å². The lowest BCUT2D eigenvalue weighted by atomic mass is 9.96. The van der Waals surface area contributed by atoms with Gasteiger partial charge in [-0.2, -0.15) is 0 Å². The Morgan fingerprint density at radius 1 is 1.64 bits per heavy atom. The van der Waals surface area contributed by atoms with Crippen LogP contribution in [0, 0.1) is 5.92 Å². The van der Waals surface area contributed by atoms with Crippen molar-refractivity contribution in [2.24, 2.45) is 5.92 Å². The molecule has 0 amide bonds. The molecule has 2 heterocycles. The van der Waals surface area contributed by atoms with E-state index in [9.17, 15) is 4.79 Å². The van der Waals surface area contributed by atoms with Crippen LogP contribution in [0.3, 0.4) is 0 Å². The predicted molar refractivity (Wildman–Crippen MR) is 59.9 cm³/mol. The van der Waals surface area contributed by atoms with Crippen LogP contribution in [-0.2, 0) is 4.74 Å². The largest absolute Gasteiger partial charge is 0.381 e. The second-order valence-electron chi connectivity index (χ2n) is 3.38. The summed E-state index contributed by atoms with van der Waals surface area (Å²) >= 11 is 4.88. The van der Waals surface area contributed by atoms with E-state index in [0.717, 1.165) is 28.8 Å². The van der Waals surface area contributed by atoms with E-state index >= 15 is 0 Å². The average molecular weight is 275 g/mol. The molecule has 0 saturated carbocycles. The summed E-state index contributed by atoms with van der Waals surface area (Å²) in [5, 5.41) is 1.93. The first-order valence-electron chi connectivity index (χ1n) is 4.64. The van der Waals surface area contributed by atoms with Crippen LogP contribution >= 0.6 is 27.3 Å². The Bertz CT molecular complexity index is 329. The van der Waals surface area contributed by atoms with Gasteiger partial charge in [0.15, 0.2) is 5.78 Å². The smallest absolute Gasteiger partial charge is 0.179 e. The third kappa shape index (κ3) is 2.07. The van der Waals surface area contributed by atoms with Crippen molar-refractivity contribution in [3.63, 3.8) is 0 Å². The van der Waals surface area contributed by atoms with E-state index in [1.807, 2.05) is 11.4 Å². The van der Waals surface area contributed by atoms with Gasteiger partial charge < -0.3 is 4.74 Å². The first kappa shape index (κ1) is 10.3. The fourth-order valence-corrected chi connectivity index (χ4v) is 3.19. The Balaban J connectivity index is 2.11. The van der Waals surface area contributed by atoms with Crippen molar-refractivity contribution in [1.29, 1.82) is 0 Å². The maximum absolute atomic E-state index is 12.0. The van der Waals surface area contributed by atoms with E-state index in [1.165, 1.54) is 11.3 Å². The summed E-state index contributed by atoms with van der Waals surface area (Å²) in [6.07, 6.45) is 1.96. The molecular weight excluding hydrogens is 264 g/mol. The lowest BCUT2D eigenvalue weighted by molar-refractivity contribution is 0.0463. The summed E-state index contributed by atoms with van der Waals surface area (Å²) in [4.78, 5) is 12.8. The molecule has 0 N–H and O–H groups in total. The van der Waals surface area contributed by atoms with Gasteiger partial charge in [-0.05, 0) is 40.2 Å². The van der Waals surface area contributed by atoms with Crippen molar-refractivity contribution in [2.45, 2.75) is 12.8 Å². The third-order valence-corrected chi connectivity index (χ3v) is 4.22. The van der Waals surface area contributed by atoms with Crippen molar-refractivity contribution in [1.82, 2.24) is 0 Å². The summed E-state index contributed by atoms with van der Waals surface area (Å²) in [6, 6.07) is 1.92. The van der Waals surface area contributed by atoms with E-state index in [4.69, 9.17) is 4.74 Å². The lowest BCUT2D eigenvalue weighted by Gasteiger charge is -2.20. The Hall–Kier alpha value is -0.190. The van der Waals surface area contributed by atoms with E-state index < -0.39 is 0 Å². The van der Waals surface area contributed by atoms with Crippen LogP contribution in [0.4, 0.5) is 0 Å². The number of carbonyl (C=O) groups excluding carboxylic acids is 1. The van der Waals surface area contributed by atoms with Gasteiger partial charge >= 0.3 is 0 Å². The van der Waals surface area contributed by atoms with Gasteiger partial charge in [-0.1, -0.05) is 0 Å². The van der Waals surface area contributed by atoms with Gasteiger partial charge in [0.25, 0.3) is 0 Å². The zero-order chi connectivity index (χ0) is 9.97. The Morgan fingerprint density at radius 3 is 3.07 bits per heavy atom. The lowest BCUT2D eigenvalue weighted by Crippen LogP contribution is -2.24. The van der Waals surface area contributed by atoms with Crippen molar-refractivity contribution < 1.29 is 9.53 Å². The summed E-state index contributed by atoms with van der Waals surface area (Å²) in [7, 11) is 0. The van der Waals surface area contributed by atoms with Gasteiger partial charge in [0, 0.05) is 17.0 Å². The Morgan fingerprint density at radius 2 is 2.50 bits per heavy atom. The minimum Gasteiger partial charge on any atom is -0.381 e. The number of carbonyl (C=O) groups is 1. The summed E-state index contributed by atoms with van der Waals surface area (Å²) in [6.45, 7) is 1.39. The van der Waals surface area contributed by atoms with Gasteiger partial charge in [-0.15, -0.1) is 11.3 Å². The van der Waals surface area contributed by atoms with Crippen molar-refractivity contribution in [2.75, 3.05) is 13.2 Å². The third-order valence-electron chi connectivity index (χ3n) is 2.37. The summed E-state index contributed by atoms with van der Waals surface area (Å²) < 4.78 is 6.22. The molecule has 0 aliphatic carbocycles. The number of hydrogen-bond donors (Lipinski definition) is 0. The second kappa shape index (κ2) is 4.55. The number of thiophene rings is 1. The Kier molecular flexibility index (Phi) is 3.36. The molecule has 1 saturated heterocycles. The molecule has 1 fully saturated rings. The fourth-order valence-electron chi connectivity index (χ4n) is 1.60. The highest BCUT2D eigenvalue weighted by atomic mass is 79.9. The minimum absolute atomic E-state index is 0.0682. The molecule has 1 atom stereocenters. The second-order valence-corrected chi connectivity index (χ2v) is 5.15. The maximum atomic E-state index is 12.0. The van der Waals surface area contributed by atoms with Crippen LogP contribution in [0.25, 0.3) is 0 Å². The molecule has 4 heteroatoms. The van der Waals surface area contributed by atoms with Crippen LogP contribution in [0.15, 0.2) is 15.9 Å². The molecule has 14 heavy (non-hydrogen) atoms. The fraction of sp³-hybridized carbons (Fsp3) is 0.500. The standard InChI is InChI=1S/C10H11BrO2S/c11-8-3-5-14-10(8)9(12)7-2-1-4-13-6-7/h3,5,7H,1-2,4,6H2. The quantitative estimate of drug-likeness (QED) is 0.775. The van der Waals surface area contributed by atoms with Crippen LogP contribution < -0.4 is 0 Å². The van der Waals surface area contributed by atoms with Gasteiger partial charge in [0.05, 0.1) is 11.5 Å². The summed E-state index contributed by atoms with van der Waals surface area (Å²) in [5.74, 6) is 0.297. The van der Waals surface area contributed by atoms with E-state index in [2.05, 4.69) is 15.9 Å². The van der Waals surface area contributed by atoms with E-state index in [-0.39, 0.29) is 11.7 Å². The monoisotopic (exact) mass is 274 g/mol. The number of ketones is 1. The number of Topliss-reactive ketones (excluding diaryl/α,β-unsaturated/α-hetero) is 1. The molecule has 76 valence electrons. The van der Waals surface area contributed by atoms with Crippen molar-refractivity contribution in [3.8, 4) is 0 Å². The van der Waals surface area contributed by atoms with Gasteiger partial charge in [-0.25, -0.2) is 0 Å². The molecule has 1 aromatic rings. The highest BCUT2D eigenvalue weighted by molar-refractivity contribution is 9.10. The minimum atomic E-state index is 0.0682. The van der Waals surface area contributed by atoms with Crippen LogP contribution in [-0.4, -0.2) is 19.0 Å². The van der Waals surface area contributed by atoms with E-state index in [1.54, 1.807) is 0 Å². The van der Waals surface area contributed by atoms with E-state index in [0.29, 0.717) is 6.61 Å². The summed E-state index contributed by atoms with van der Waals surface area (Å²) in [5.41, 5.74) is 0. The molecule has 1 aromatic heterocycles. The molecule has 0 bridgehead atoms. The first-order chi connectivity index (χ1) is 6.79. The normalized spacial score (nSPS) is 22.2. The van der Waals surface area contributed by atoms with Crippen molar-refractivity contribution in [3.05, 3.63) is 20.8 Å². The average Bonchev–Trinajstić information content (AvgIpc) is 2.65. The molecule has 0 radical (unpaired) electrons. The van der Waals surface area contributed by atoms with Gasteiger partial charge in [0.2, 0.25) is 0 Å². The zero-order valence-electron chi connectivity index (χ0n) is 7.66. The number of halogens is 1. The first-order valence-corrected chi connectivity index (χ1v) is 6.31. The van der Waals surface area contributed by atoms with Crippen LogP contribution in [0.2, 0.25) is 0 Å². The zero-order valence-corrected chi connectivity index (χ0v) is 10.1.